The van der Waals surface area contributed by atoms with Crippen LogP contribution in [0.4, 0.5) is 0 Å². The summed E-state index contributed by atoms with van der Waals surface area (Å²) in [6, 6.07) is 0. The van der Waals surface area contributed by atoms with E-state index in [1.54, 1.807) is 0 Å². The second-order valence-electron chi connectivity index (χ2n) is 2.44. The van der Waals surface area contributed by atoms with Gasteiger partial charge in [-0.3, -0.25) is 0 Å². The van der Waals surface area contributed by atoms with Crippen molar-refractivity contribution in [3.63, 3.8) is 0 Å². The molecule has 1 fully saturated rings. The van der Waals surface area contributed by atoms with E-state index in [1.165, 1.54) is 6.54 Å². The molecule has 0 aromatic carbocycles. The summed E-state index contributed by atoms with van der Waals surface area (Å²) in [7, 11) is 2.27. The van der Waals surface area contributed by atoms with Crippen molar-refractivity contribution < 1.29 is 0 Å². The highest BCUT2D eigenvalue weighted by molar-refractivity contribution is 6.31. The SMILES string of the molecule is CCN1[SiH2]N(C)C1C. The maximum atomic E-state index is 2.56. The van der Waals surface area contributed by atoms with Gasteiger partial charge in [0.2, 0.25) is 0 Å². The van der Waals surface area contributed by atoms with Gasteiger partial charge in [0, 0.05) is 6.17 Å². The molecule has 0 amide bonds. The van der Waals surface area contributed by atoms with Crippen molar-refractivity contribution in [3.8, 4) is 0 Å². The fourth-order valence-corrected chi connectivity index (χ4v) is 2.52. The fraction of sp³-hybridized carbons (Fsp3) is 1.00. The molecular formula is C5H14N2Si. The molecule has 0 aromatic heterocycles. The summed E-state index contributed by atoms with van der Waals surface area (Å²) in [6.07, 6.45) is 0.742. The zero-order valence-corrected chi connectivity index (χ0v) is 7.30. The Morgan fingerprint density at radius 2 is 2.25 bits per heavy atom. The van der Waals surface area contributed by atoms with E-state index in [1.807, 2.05) is 0 Å². The Labute approximate surface area is 53.4 Å². The van der Waals surface area contributed by atoms with E-state index in [0.29, 0.717) is 0 Å². The molecule has 0 aliphatic carbocycles. The van der Waals surface area contributed by atoms with Gasteiger partial charge in [0.05, 0.1) is 0 Å². The van der Waals surface area contributed by atoms with Crippen molar-refractivity contribution >= 4 is 9.84 Å². The molecule has 0 spiro atoms. The molecule has 0 bridgehead atoms. The quantitative estimate of drug-likeness (QED) is 0.446. The Kier molecular flexibility index (Phi) is 1.70. The van der Waals surface area contributed by atoms with E-state index in [0.717, 1.165) is 6.17 Å². The lowest BCUT2D eigenvalue weighted by Crippen LogP contribution is -2.63. The standard InChI is InChI=1S/C5H14N2Si/c1-4-7-5(2)6(3)8-7/h5H,4,8H2,1-3H3. The van der Waals surface area contributed by atoms with Crippen molar-refractivity contribution in [3.05, 3.63) is 0 Å². The molecule has 0 aromatic rings. The van der Waals surface area contributed by atoms with E-state index in [2.05, 4.69) is 30.0 Å². The van der Waals surface area contributed by atoms with Crippen LogP contribution in [-0.2, 0) is 0 Å². The minimum Gasteiger partial charge on any atom is -0.305 e. The molecule has 0 N–H and O–H groups in total. The van der Waals surface area contributed by atoms with Crippen LogP contribution in [0.3, 0.4) is 0 Å². The zero-order chi connectivity index (χ0) is 6.15. The summed E-state index contributed by atoms with van der Waals surface area (Å²) in [5.41, 5.74) is 0. The predicted octanol–water partition coefficient (Wildman–Crippen LogP) is -0.401. The number of rotatable bonds is 1. The van der Waals surface area contributed by atoms with E-state index < -0.39 is 0 Å². The lowest BCUT2D eigenvalue weighted by molar-refractivity contribution is 0.141. The summed E-state index contributed by atoms with van der Waals surface area (Å²) in [6.45, 7) is 5.74. The highest BCUT2D eigenvalue weighted by atomic mass is 28.2. The smallest absolute Gasteiger partial charge is 0.175 e. The minimum absolute atomic E-state index is 0.0625. The molecule has 1 saturated heterocycles. The molecule has 1 aliphatic heterocycles. The molecule has 1 aliphatic rings. The first-order chi connectivity index (χ1) is 3.75. The monoisotopic (exact) mass is 130 g/mol. The van der Waals surface area contributed by atoms with Gasteiger partial charge in [-0.2, -0.15) is 0 Å². The number of hydrogen-bond acceptors (Lipinski definition) is 2. The average Bonchev–Trinajstić information content (AvgIpc) is 1.81. The van der Waals surface area contributed by atoms with Crippen LogP contribution < -0.4 is 0 Å². The van der Waals surface area contributed by atoms with Crippen molar-refractivity contribution in [2.24, 2.45) is 0 Å². The summed E-state index contributed by atoms with van der Waals surface area (Å²) >= 11 is 0. The lowest BCUT2D eigenvalue weighted by atomic mass is 10.5. The topological polar surface area (TPSA) is 6.48 Å². The van der Waals surface area contributed by atoms with Crippen LogP contribution in [0.15, 0.2) is 0 Å². The highest BCUT2D eigenvalue weighted by Crippen LogP contribution is 2.10. The van der Waals surface area contributed by atoms with Crippen LogP contribution >= 0.6 is 0 Å². The van der Waals surface area contributed by atoms with Gasteiger partial charge in [0.15, 0.2) is 9.84 Å². The Hall–Kier alpha value is 0.137. The fourth-order valence-electron chi connectivity index (χ4n) is 1.07. The third-order valence-electron chi connectivity index (χ3n) is 1.98. The van der Waals surface area contributed by atoms with Gasteiger partial charge < -0.3 is 9.13 Å². The van der Waals surface area contributed by atoms with Gasteiger partial charge in [-0.05, 0) is 20.5 Å². The Balaban J connectivity index is 2.25. The summed E-state index contributed by atoms with van der Waals surface area (Å²) in [5, 5.41) is 0. The molecule has 3 heteroatoms. The van der Waals surface area contributed by atoms with Crippen LogP contribution in [0, 0.1) is 0 Å². The Morgan fingerprint density at radius 1 is 1.62 bits per heavy atom. The molecule has 1 atom stereocenters. The van der Waals surface area contributed by atoms with Crippen molar-refractivity contribution in [1.82, 2.24) is 9.13 Å². The van der Waals surface area contributed by atoms with Crippen LogP contribution in [0.25, 0.3) is 0 Å². The van der Waals surface area contributed by atoms with E-state index in [9.17, 15) is 0 Å². The third-order valence-corrected chi connectivity index (χ3v) is 4.29. The van der Waals surface area contributed by atoms with Gasteiger partial charge in [-0.15, -0.1) is 0 Å². The number of hydrogen-bond donors (Lipinski definition) is 0. The third kappa shape index (κ3) is 0.810. The first-order valence-corrected chi connectivity index (χ1v) is 4.46. The molecule has 2 nitrogen and oxygen atoms in total. The molecule has 48 valence electrons. The Bertz CT molecular complexity index is 86.5. The van der Waals surface area contributed by atoms with E-state index in [4.69, 9.17) is 0 Å². The zero-order valence-electron chi connectivity index (χ0n) is 5.89. The molecule has 1 heterocycles. The second-order valence-corrected chi connectivity index (χ2v) is 4.53. The largest absolute Gasteiger partial charge is 0.305 e. The van der Waals surface area contributed by atoms with Crippen LogP contribution in [-0.4, -0.2) is 38.7 Å². The van der Waals surface area contributed by atoms with Gasteiger partial charge in [0.25, 0.3) is 0 Å². The Morgan fingerprint density at radius 3 is 2.38 bits per heavy atom. The molecule has 8 heavy (non-hydrogen) atoms. The molecule has 1 rings (SSSR count). The minimum atomic E-state index is 0.0625. The van der Waals surface area contributed by atoms with Gasteiger partial charge in [-0.1, -0.05) is 6.92 Å². The van der Waals surface area contributed by atoms with Gasteiger partial charge in [0.1, 0.15) is 0 Å². The van der Waals surface area contributed by atoms with Crippen molar-refractivity contribution in [2.75, 3.05) is 13.6 Å². The normalized spacial score (nSPS) is 35.6. The predicted molar refractivity (Wildman–Crippen MR) is 38.1 cm³/mol. The van der Waals surface area contributed by atoms with Crippen LogP contribution in [0.1, 0.15) is 13.8 Å². The summed E-state index contributed by atoms with van der Waals surface area (Å²) in [4.78, 5) is 0. The maximum Gasteiger partial charge on any atom is 0.175 e. The first kappa shape index (κ1) is 6.26. The first-order valence-electron chi connectivity index (χ1n) is 3.20. The highest BCUT2D eigenvalue weighted by Gasteiger charge is 2.27. The van der Waals surface area contributed by atoms with Crippen molar-refractivity contribution in [2.45, 2.75) is 20.0 Å². The van der Waals surface area contributed by atoms with E-state index >= 15 is 0 Å². The van der Waals surface area contributed by atoms with Gasteiger partial charge >= 0.3 is 0 Å². The van der Waals surface area contributed by atoms with E-state index in [-0.39, 0.29) is 9.84 Å². The second kappa shape index (κ2) is 2.17. The molecule has 0 saturated carbocycles. The van der Waals surface area contributed by atoms with Crippen molar-refractivity contribution in [1.29, 1.82) is 0 Å². The summed E-state index contributed by atoms with van der Waals surface area (Å²) < 4.78 is 5.02. The average molecular weight is 130 g/mol. The van der Waals surface area contributed by atoms with Gasteiger partial charge in [-0.25, -0.2) is 0 Å². The molecular weight excluding hydrogens is 116 g/mol. The molecule has 1 unspecified atom stereocenters. The lowest BCUT2D eigenvalue weighted by Gasteiger charge is -2.46. The number of nitrogens with zero attached hydrogens (tertiary/aromatic N) is 2. The van der Waals surface area contributed by atoms with Crippen LogP contribution in [0.2, 0.25) is 0 Å². The maximum absolute atomic E-state index is 2.56. The summed E-state index contributed by atoms with van der Waals surface area (Å²) in [5.74, 6) is 0. The molecule has 0 radical (unpaired) electrons. The van der Waals surface area contributed by atoms with Crippen LogP contribution in [0.5, 0.6) is 0 Å².